The zero-order valence-electron chi connectivity index (χ0n) is 14.3. The third kappa shape index (κ3) is 3.02. The fourth-order valence-electron chi connectivity index (χ4n) is 2.97. The SMILES string of the molecule is Cn1nc(CN=C(N)NN=Cc2c[nH]c3ccccc23)c2ccccc21. The molecule has 0 bridgehead atoms. The molecule has 4 N–H and O–H groups in total. The Kier molecular flexibility index (Phi) is 4.10. The number of aliphatic imine (C=N–C) groups is 1. The molecule has 7 nitrogen and oxygen atoms in total. The van der Waals surface area contributed by atoms with Gasteiger partial charge in [-0.15, -0.1) is 0 Å². The lowest BCUT2D eigenvalue weighted by atomic mass is 10.2. The van der Waals surface area contributed by atoms with Gasteiger partial charge in [0.05, 0.1) is 24.0 Å². The maximum absolute atomic E-state index is 5.91. The van der Waals surface area contributed by atoms with Crippen molar-refractivity contribution in [3.05, 3.63) is 66.0 Å². The van der Waals surface area contributed by atoms with Gasteiger partial charge in [-0.05, 0) is 12.1 Å². The van der Waals surface area contributed by atoms with Gasteiger partial charge < -0.3 is 10.7 Å². The Morgan fingerprint density at radius 2 is 1.96 bits per heavy atom. The number of rotatable bonds is 4. The summed E-state index contributed by atoms with van der Waals surface area (Å²) in [5.41, 5.74) is 12.7. The molecule has 0 aliphatic rings. The first-order chi connectivity index (χ1) is 12.7. The number of hydrogen-bond acceptors (Lipinski definition) is 3. The molecule has 0 amide bonds. The highest BCUT2D eigenvalue weighted by molar-refractivity contribution is 5.99. The van der Waals surface area contributed by atoms with Gasteiger partial charge in [0.15, 0.2) is 0 Å². The molecule has 0 fully saturated rings. The predicted molar refractivity (Wildman–Crippen MR) is 105 cm³/mol. The molecule has 0 unspecified atom stereocenters. The van der Waals surface area contributed by atoms with Crippen molar-refractivity contribution < 1.29 is 0 Å². The maximum atomic E-state index is 5.91. The molecule has 0 aliphatic heterocycles. The summed E-state index contributed by atoms with van der Waals surface area (Å²) >= 11 is 0. The van der Waals surface area contributed by atoms with Crippen molar-refractivity contribution in [2.24, 2.45) is 22.9 Å². The van der Waals surface area contributed by atoms with E-state index in [-0.39, 0.29) is 5.96 Å². The van der Waals surface area contributed by atoms with Gasteiger partial charge in [0.1, 0.15) is 0 Å². The van der Waals surface area contributed by atoms with Crippen LogP contribution >= 0.6 is 0 Å². The number of aromatic amines is 1. The van der Waals surface area contributed by atoms with E-state index in [1.165, 1.54) is 0 Å². The van der Waals surface area contributed by atoms with E-state index in [9.17, 15) is 0 Å². The summed E-state index contributed by atoms with van der Waals surface area (Å²) in [6, 6.07) is 16.1. The molecule has 0 spiro atoms. The van der Waals surface area contributed by atoms with Gasteiger partial charge in [-0.2, -0.15) is 10.2 Å². The molecule has 130 valence electrons. The number of hydrazone groups is 1. The minimum atomic E-state index is 0.246. The first-order valence-corrected chi connectivity index (χ1v) is 8.28. The third-order valence-corrected chi connectivity index (χ3v) is 4.24. The van der Waals surface area contributed by atoms with E-state index >= 15 is 0 Å². The molecular formula is C19H19N7. The third-order valence-electron chi connectivity index (χ3n) is 4.24. The summed E-state index contributed by atoms with van der Waals surface area (Å²) < 4.78 is 1.85. The number of aryl methyl sites for hydroxylation is 1. The Morgan fingerprint density at radius 1 is 1.19 bits per heavy atom. The Balaban J connectivity index is 1.45. The van der Waals surface area contributed by atoms with Crippen LogP contribution < -0.4 is 11.2 Å². The van der Waals surface area contributed by atoms with E-state index in [0.29, 0.717) is 6.54 Å². The van der Waals surface area contributed by atoms with Crippen LogP contribution in [0.15, 0.2) is 64.8 Å². The number of nitrogens with zero attached hydrogens (tertiary/aromatic N) is 4. The first-order valence-electron chi connectivity index (χ1n) is 8.28. The molecular weight excluding hydrogens is 326 g/mol. The summed E-state index contributed by atoms with van der Waals surface area (Å²) in [5, 5.41) is 10.9. The quantitative estimate of drug-likeness (QED) is 0.301. The summed E-state index contributed by atoms with van der Waals surface area (Å²) in [7, 11) is 1.92. The van der Waals surface area contributed by atoms with Crippen LogP contribution in [0.5, 0.6) is 0 Å². The molecule has 4 aromatic rings. The zero-order valence-corrected chi connectivity index (χ0v) is 14.3. The Morgan fingerprint density at radius 3 is 2.85 bits per heavy atom. The fourth-order valence-corrected chi connectivity index (χ4v) is 2.97. The van der Waals surface area contributed by atoms with Crippen molar-refractivity contribution in [1.82, 2.24) is 20.2 Å². The van der Waals surface area contributed by atoms with Gasteiger partial charge in [0, 0.05) is 35.1 Å². The zero-order chi connectivity index (χ0) is 17.9. The van der Waals surface area contributed by atoms with E-state index in [0.717, 1.165) is 33.1 Å². The molecule has 0 saturated carbocycles. The number of benzene rings is 2. The minimum absolute atomic E-state index is 0.246. The summed E-state index contributed by atoms with van der Waals surface area (Å²) in [5.74, 6) is 0.246. The highest BCUT2D eigenvalue weighted by Crippen LogP contribution is 2.18. The van der Waals surface area contributed by atoms with Crippen LogP contribution in [0, 0.1) is 0 Å². The molecule has 2 heterocycles. The number of nitrogens with two attached hydrogens (primary N) is 1. The number of aromatic nitrogens is 3. The molecule has 0 saturated heterocycles. The second kappa shape index (κ2) is 6.72. The molecule has 26 heavy (non-hydrogen) atoms. The lowest BCUT2D eigenvalue weighted by Crippen LogP contribution is -2.27. The van der Waals surface area contributed by atoms with Gasteiger partial charge in [-0.3, -0.25) is 4.68 Å². The fraction of sp³-hybridized carbons (Fsp3) is 0.105. The molecule has 0 radical (unpaired) electrons. The lowest BCUT2D eigenvalue weighted by molar-refractivity contribution is 0.764. The average molecular weight is 345 g/mol. The van der Waals surface area contributed by atoms with Crippen LogP contribution in [-0.2, 0) is 13.6 Å². The van der Waals surface area contributed by atoms with E-state index in [1.807, 2.05) is 66.5 Å². The van der Waals surface area contributed by atoms with Crippen LogP contribution in [0.25, 0.3) is 21.8 Å². The summed E-state index contributed by atoms with van der Waals surface area (Å²) in [6.45, 7) is 0.392. The lowest BCUT2D eigenvalue weighted by Gasteiger charge is -1.98. The molecule has 0 atom stereocenters. The Hall–Kier alpha value is -3.61. The van der Waals surface area contributed by atoms with Gasteiger partial charge in [0.25, 0.3) is 0 Å². The monoisotopic (exact) mass is 345 g/mol. The van der Waals surface area contributed by atoms with Gasteiger partial charge >= 0.3 is 0 Å². The van der Waals surface area contributed by atoms with Crippen molar-refractivity contribution >= 4 is 34.0 Å². The summed E-state index contributed by atoms with van der Waals surface area (Å²) in [4.78, 5) is 7.53. The highest BCUT2D eigenvalue weighted by atomic mass is 15.3. The number of fused-ring (bicyclic) bond motifs is 2. The van der Waals surface area contributed by atoms with Crippen LogP contribution in [0.1, 0.15) is 11.3 Å². The number of para-hydroxylation sites is 2. The second-order valence-corrected chi connectivity index (χ2v) is 5.95. The van der Waals surface area contributed by atoms with E-state index in [1.54, 1.807) is 6.21 Å². The van der Waals surface area contributed by atoms with Crippen molar-refractivity contribution in [2.75, 3.05) is 0 Å². The van der Waals surface area contributed by atoms with Gasteiger partial charge in [0.2, 0.25) is 5.96 Å². The number of nitrogens with one attached hydrogen (secondary N) is 2. The van der Waals surface area contributed by atoms with Crippen molar-refractivity contribution in [3.63, 3.8) is 0 Å². The normalized spacial score (nSPS) is 12.4. The topological polar surface area (TPSA) is 96.4 Å². The standard InChI is InChI=1S/C19H19N7/c1-26-18-9-5-3-7-15(18)17(25-26)12-22-19(20)24-23-11-13-10-21-16-8-4-2-6-14(13)16/h2-11,21H,12H2,1H3,(H3,20,22,24). The average Bonchev–Trinajstić information content (AvgIpc) is 3.22. The van der Waals surface area contributed by atoms with Crippen LogP contribution in [0.4, 0.5) is 0 Å². The predicted octanol–water partition coefficient (Wildman–Crippen LogP) is 2.49. The van der Waals surface area contributed by atoms with Crippen LogP contribution in [0.2, 0.25) is 0 Å². The largest absolute Gasteiger partial charge is 0.369 e. The molecule has 4 rings (SSSR count). The van der Waals surface area contributed by atoms with Crippen LogP contribution in [0.3, 0.4) is 0 Å². The number of H-pyrrole nitrogens is 1. The maximum Gasteiger partial charge on any atom is 0.209 e. The Bertz CT molecular complexity index is 1120. The first kappa shape index (κ1) is 15.9. The minimum Gasteiger partial charge on any atom is -0.369 e. The number of guanidine groups is 1. The van der Waals surface area contributed by atoms with Crippen molar-refractivity contribution in [3.8, 4) is 0 Å². The van der Waals surface area contributed by atoms with Crippen LogP contribution in [-0.4, -0.2) is 26.9 Å². The highest BCUT2D eigenvalue weighted by Gasteiger charge is 2.07. The number of hydrogen-bond donors (Lipinski definition) is 3. The van der Waals surface area contributed by atoms with E-state index < -0.39 is 0 Å². The van der Waals surface area contributed by atoms with E-state index in [4.69, 9.17) is 5.73 Å². The van der Waals surface area contributed by atoms with Gasteiger partial charge in [-0.1, -0.05) is 36.4 Å². The smallest absolute Gasteiger partial charge is 0.209 e. The Labute approximate surface area is 150 Å². The van der Waals surface area contributed by atoms with E-state index in [2.05, 4.69) is 25.6 Å². The molecule has 2 aromatic carbocycles. The van der Waals surface area contributed by atoms with Gasteiger partial charge in [-0.25, -0.2) is 10.4 Å². The molecule has 7 heteroatoms. The summed E-state index contributed by atoms with van der Waals surface area (Å²) in [6.07, 6.45) is 3.63. The van der Waals surface area contributed by atoms with Crippen molar-refractivity contribution in [2.45, 2.75) is 6.54 Å². The molecule has 0 aliphatic carbocycles. The van der Waals surface area contributed by atoms with Crippen molar-refractivity contribution in [1.29, 1.82) is 0 Å². The second-order valence-electron chi connectivity index (χ2n) is 5.95. The molecule has 2 aromatic heterocycles.